The van der Waals surface area contributed by atoms with Crippen molar-refractivity contribution in [3.8, 4) is 0 Å². The fourth-order valence-corrected chi connectivity index (χ4v) is 1.53. The van der Waals surface area contributed by atoms with Gasteiger partial charge in [-0.3, -0.25) is 10.1 Å². The highest BCUT2D eigenvalue weighted by Gasteiger charge is 2.14. The van der Waals surface area contributed by atoms with Crippen molar-refractivity contribution >= 4 is 5.69 Å². The Morgan fingerprint density at radius 2 is 2.33 bits per heavy atom. The zero-order chi connectivity index (χ0) is 13.1. The van der Waals surface area contributed by atoms with Gasteiger partial charge in [0.05, 0.1) is 17.6 Å². The lowest BCUT2D eigenvalue weighted by Gasteiger charge is -2.10. The standard InChI is InChI=1S/C10H11N5O3/c1-7-11-12-13-14(7)6-10(16)8-3-2-4-9(5-8)15(17)18/h2-5,10,16H,6H2,1H3. The van der Waals surface area contributed by atoms with Gasteiger partial charge in [0.15, 0.2) is 0 Å². The maximum Gasteiger partial charge on any atom is 0.269 e. The molecular formula is C10H11N5O3. The maximum absolute atomic E-state index is 10.6. The molecular weight excluding hydrogens is 238 g/mol. The van der Waals surface area contributed by atoms with Gasteiger partial charge in [0, 0.05) is 12.1 Å². The highest BCUT2D eigenvalue weighted by molar-refractivity contribution is 5.35. The van der Waals surface area contributed by atoms with Crippen molar-refractivity contribution in [2.45, 2.75) is 19.6 Å². The van der Waals surface area contributed by atoms with E-state index in [1.54, 1.807) is 13.0 Å². The molecule has 1 N–H and O–H groups in total. The van der Waals surface area contributed by atoms with Crippen LogP contribution in [0.2, 0.25) is 0 Å². The number of nitrogens with zero attached hydrogens (tertiary/aromatic N) is 5. The molecule has 8 heteroatoms. The van der Waals surface area contributed by atoms with E-state index >= 15 is 0 Å². The molecule has 2 rings (SSSR count). The number of tetrazole rings is 1. The highest BCUT2D eigenvalue weighted by atomic mass is 16.6. The summed E-state index contributed by atoms with van der Waals surface area (Å²) < 4.78 is 1.43. The third-order valence-corrected chi connectivity index (χ3v) is 2.52. The van der Waals surface area contributed by atoms with E-state index in [4.69, 9.17) is 0 Å². The molecule has 0 saturated carbocycles. The molecule has 0 bridgehead atoms. The maximum atomic E-state index is 10.6. The molecule has 0 radical (unpaired) electrons. The first-order valence-corrected chi connectivity index (χ1v) is 5.23. The highest BCUT2D eigenvalue weighted by Crippen LogP contribution is 2.20. The van der Waals surface area contributed by atoms with Crippen LogP contribution in [0.5, 0.6) is 0 Å². The number of aliphatic hydroxyl groups excluding tert-OH is 1. The predicted molar refractivity (Wildman–Crippen MR) is 60.6 cm³/mol. The molecule has 94 valence electrons. The molecule has 0 amide bonds. The van der Waals surface area contributed by atoms with Crippen LogP contribution in [-0.4, -0.2) is 30.2 Å². The molecule has 0 aliphatic heterocycles. The number of hydrogen-bond acceptors (Lipinski definition) is 6. The molecule has 0 aliphatic rings. The summed E-state index contributed by atoms with van der Waals surface area (Å²) in [7, 11) is 0. The average molecular weight is 249 g/mol. The van der Waals surface area contributed by atoms with E-state index in [-0.39, 0.29) is 12.2 Å². The van der Waals surface area contributed by atoms with Gasteiger partial charge in [0.25, 0.3) is 5.69 Å². The molecule has 1 aromatic carbocycles. The molecule has 1 aromatic heterocycles. The normalized spacial score (nSPS) is 12.3. The van der Waals surface area contributed by atoms with Gasteiger partial charge >= 0.3 is 0 Å². The number of nitro benzene ring substituents is 1. The summed E-state index contributed by atoms with van der Waals surface area (Å²) >= 11 is 0. The number of aliphatic hydroxyl groups is 1. The third kappa shape index (κ3) is 2.48. The van der Waals surface area contributed by atoms with Gasteiger partial charge in [-0.15, -0.1) is 5.10 Å². The number of nitro groups is 1. The van der Waals surface area contributed by atoms with Crippen LogP contribution in [-0.2, 0) is 6.54 Å². The smallest absolute Gasteiger partial charge is 0.269 e. The van der Waals surface area contributed by atoms with Crippen LogP contribution in [0.15, 0.2) is 24.3 Å². The van der Waals surface area contributed by atoms with Crippen molar-refractivity contribution in [1.82, 2.24) is 20.2 Å². The molecule has 8 nitrogen and oxygen atoms in total. The second kappa shape index (κ2) is 4.88. The molecule has 1 atom stereocenters. The summed E-state index contributed by atoms with van der Waals surface area (Å²) in [5, 5.41) is 31.5. The SMILES string of the molecule is Cc1nnnn1CC(O)c1cccc([N+](=O)[O-])c1. The minimum atomic E-state index is -0.896. The Hall–Kier alpha value is -2.35. The van der Waals surface area contributed by atoms with Gasteiger partial charge in [0.2, 0.25) is 0 Å². The zero-order valence-electron chi connectivity index (χ0n) is 9.59. The van der Waals surface area contributed by atoms with Crippen LogP contribution >= 0.6 is 0 Å². The summed E-state index contributed by atoms with van der Waals surface area (Å²) in [5.41, 5.74) is 0.402. The summed E-state index contributed by atoms with van der Waals surface area (Å²) in [5.74, 6) is 0.569. The van der Waals surface area contributed by atoms with Gasteiger partial charge in [-0.05, 0) is 22.9 Å². The molecule has 0 fully saturated rings. The van der Waals surface area contributed by atoms with Crippen LogP contribution in [0.3, 0.4) is 0 Å². The van der Waals surface area contributed by atoms with Gasteiger partial charge in [-0.25, -0.2) is 4.68 Å². The molecule has 18 heavy (non-hydrogen) atoms. The van der Waals surface area contributed by atoms with E-state index in [0.717, 1.165) is 0 Å². The van der Waals surface area contributed by atoms with Gasteiger partial charge in [-0.1, -0.05) is 12.1 Å². The zero-order valence-corrected chi connectivity index (χ0v) is 9.59. The Morgan fingerprint density at radius 1 is 1.56 bits per heavy atom. The first-order valence-electron chi connectivity index (χ1n) is 5.23. The first-order chi connectivity index (χ1) is 8.58. The van der Waals surface area contributed by atoms with Crippen LogP contribution < -0.4 is 0 Å². The number of rotatable bonds is 4. The first kappa shape index (κ1) is 12.1. The Labute approximate surface area is 102 Å². The lowest BCUT2D eigenvalue weighted by Crippen LogP contribution is -2.11. The van der Waals surface area contributed by atoms with Crippen LogP contribution in [0.1, 0.15) is 17.5 Å². The van der Waals surface area contributed by atoms with Crippen LogP contribution in [0.25, 0.3) is 0 Å². The summed E-state index contributed by atoms with van der Waals surface area (Å²) in [4.78, 5) is 10.1. The third-order valence-electron chi connectivity index (χ3n) is 2.52. The van der Waals surface area contributed by atoms with Crippen molar-refractivity contribution in [1.29, 1.82) is 0 Å². The molecule has 1 heterocycles. The molecule has 0 saturated heterocycles. The van der Waals surface area contributed by atoms with E-state index < -0.39 is 11.0 Å². The number of aryl methyl sites for hydroxylation is 1. The van der Waals surface area contributed by atoms with E-state index in [9.17, 15) is 15.2 Å². The minimum absolute atomic E-state index is 0.0556. The quantitative estimate of drug-likeness (QED) is 0.628. The molecule has 2 aromatic rings. The molecule has 0 aliphatic carbocycles. The van der Waals surface area contributed by atoms with E-state index in [1.807, 2.05) is 0 Å². The van der Waals surface area contributed by atoms with Crippen LogP contribution in [0.4, 0.5) is 5.69 Å². The number of aromatic nitrogens is 4. The van der Waals surface area contributed by atoms with Crippen molar-refractivity contribution in [3.63, 3.8) is 0 Å². The lowest BCUT2D eigenvalue weighted by atomic mass is 10.1. The average Bonchev–Trinajstić information content (AvgIpc) is 2.75. The second-order valence-corrected chi connectivity index (χ2v) is 3.78. The predicted octanol–water partition coefficient (Wildman–Crippen LogP) is 0.623. The molecule has 0 spiro atoms. The fourth-order valence-electron chi connectivity index (χ4n) is 1.53. The van der Waals surface area contributed by atoms with Crippen molar-refractivity contribution in [2.75, 3.05) is 0 Å². The Morgan fingerprint density at radius 3 is 2.94 bits per heavy atom. The summed E-state index contributed by atoms with van der Waals surface area (Å²) in [6, 6.07) is 5.86. The number of hydrogen-bond donors (Lipinski definition) is 1. The molecule has 1 unspecified atom stereocenters. The monoisotopic (exact) mass is 249 g/mol. The number of non-ortho nitro benzene ring substituents is 1. The van der Waals surface area contributed by atoms with Crippen molar-refractivity contribution in [2.24, 2.45) is 0 Å². The van der Waals surface area contributed by atoms with E-state index in [0.29, 0.717) is 11.4 Å². The summed E-state index contributed by atoms with van der Waals surface area (Å²) in [6.07, 6.45) is -0.896. The van der Waals surface area contributed by atoms with Gasteiger partial charge < -0.3 is 5.11 Å². The number of benzene rings is 1. The van der Waals surface area contributed by atoms with Crippen LogP contribution in [0, 0.1) is 17.0 Å². The van der Waals surface area contributed by atoms with Crippen molar-refractivity contribution in [3.05, 3.63) is 45.8 Å². The Balaban J connectivity index is 2.18. The minimum Gasteiger partial charge on any atom is -0.386 e. The van der Waals surface area contributed by atoms with Gasteiger partial charge in [-0.2, -0.15) is 0 Å². The summed E-state index contributed by atoms with van der Waals surface area (Å²) in [6.45, 7) is 1.86. The fraction of sp³-hybridized carbons (Fsp3) is 0.300. The van der Waals surface area contributed by atoms with Gasteiger partial charge in [0.1, 0.15) is 5.82 Å². The topological polar surface area (TPSA) is 107 Å². The second-order valence-electron chi connectivity index (χ2n) is 3.78. The Bertz CT molecular complexity index is 568. The van der Waals surface area contributed by atoms with E-state index in [2.05, 4.69) is 15.5 Å². The lowest BCUT2D eigenvalue weighted by molar-refractivity contribution is -0.385. The van der Waals surface area contributed by atoms with Crippen molar-refractivity contribution < 1.29 is 10.0 Å². The van der Waals surface area contributed by atoms with E-state index in [1.165, 1.54) is 22.9 Å². The Kier molecular flexibility index (Phi) is 3.28. The largest absolute Gasteiger partial charge is 0.386 e.